The summed E-state index contributed by atoms with van der Waals surface area (Å²) in [6.07, 6.45) is 0. The third kappa shape index (κ3) is 2.64. The molecule has 3 aromatic rings. The van der Waals surface area contributed by atoms with Gasteiger partial charge >= 0.3 is 0 Å². The summed E-state index contributed by atoms with van der Waals surface area (Å²) in [4.78, 5) is 5.12. The molecule has 0 radical (unpaired) electrons. The molecule has 0 amide bonds. The van der Waals surface area contributed by atoms with Crippen LogP contribution in [0, 0.1) is 5.82 Å². The Hall–Kier alpha value is -1.91. The third-order valence-electron chi connectivity index (χ3n) is 3.13. The van der Waals surface area contributed by atoms with E-state index in [1.54, 1.807) is 19.2 Å². The Bertz CT molecular complexity index is 837. The first-order chi connectivity index (χ1) is 10.2. The van der Waals surface area contributed by atoms with Crippen LogP contribution in [0.15, 0.2) is 58.9 Å². The molecule has 0 aliphatic heterocycles. The maximum absolute atomic E-state index is 13.4. The van der Waals surface area contributed by atoms with E-state index in [2.05, 4.69) is 4.99 Å². The van der Waals surface area contributed by atoms with Gasteiger partial charge in [-0.1, -0.05) is 41.9 Å². The third-order valence-corrected chi connectivity index (χ3v) is 4.34. The Labute approximate surface area is 130 Å². The molecule has 0 unspecified atom stereocenters. The molecule has 5 heteroatoms. The lowest BCUT2D eigenvalue weighted by molar-refractivity contribution is 0.628. The number of halogens is 2. The summed E-state index contributed by atoms with van der Waals surface area (Å²) in [6.45, 7) is 0. The molecular weight excluding hydrogens is 307 g/mol. The van der Waals surface area contributed by atoms with Gasteiger partial charge in [-0.3, -0.25) is 9.56 Å². The van der Waals surface area contributed by atoms with Crippen molar-refractivity contribution in [3.05, 3.63) is 69.6 Å². The minimum Gasteiger partial charge on any atom is -0.285 e. The molecule has 0 aliphatic rings. The Morgan fingerprint density at radius 3 is 2.57 bits per heavy atom. The highest BCUT2D eigenvalue weighted by Gasteiger charge is 2.11. The fourth-order valence-corrected chi connectivity index (χ4v) is 3.20. The molecule has 0 spiro atoms. The van der Waals surface area contributed by atoms with Gasteiger partial charge in [-0.15, -0.1) is 11.3 Å². The second-order valence-electron chi connectivity index (χ2n) is 4.43. The summed E-state index contributed by atoms with van der Waals surface area (Å²) < 4.78 is 15.4. The summed E-state index contributed by atoms with van der Waals surface area (Å²) in [5.74, 6) is -0.424. The fourth-order valence-electron chi connectivity index (χ4n) is 2.15. The lowest BCUT2D eigenvalue weighted by Crippen LogP contribution is -2.13. The highest BCUT2D eigenvalue weighted by atomic mass is 35.5. The first-order valence-electron chi connectivity index (χ1n) is 6.35. The van der Waals surface area contributed by atoms with E-state index < -0.39 is 5.82 Å². The van der Waals surface area contributed by atoms with Crippen molar-refractivity contribution in [3.63, 3.8) is 0 Å². The molecule has 21 heavy (non-hydrogen) atoms. The van der Waals surface area contributed by atoms with Crippen molar-refractivity contribution in [2.24, 2.45) is 4.99 Å². The van der Waals surface area contributed by atoms with Gasteiger partial charge in [0.25, 0.3) is 0 Å². The van der Waals surface area contributed by atoms with Crippen LogP contribution >= 0.6 is 22.9 Å². The van der Waals surface area contributed by atoms with Gasteiger partial charge in [0.2, 0.25) is 0 Å². The maximum Gasteiger partial charge on any atom is 0.189 e. The standard InChI is InChI=1S/C16H12ClFN2S/c1-19-16-20(12-7-8-14(18)13(17)9-12)15(10-21-16)11-5-3-2-4-6-11/h2-10H,1H3. The normalized spacial score (nSPS) is 11.9. The highest BCUT2D eigenvalue weighted by molar-refractivity contribution is 7.07. The van der Waals surface area contributed by atoms with Crippen LogP contribution in [-0.4, -0.2) is 11.6 Å². The van der Waals surface area contributed by atoms with Gasteiger partial charge in [0, 0.05) is 12.4 Å². The van der Waals surface area contributed by atoms with Crippen molar-refractivity contribution in [2.45, 2.75) is 0 Å². The fraction of sp³-hybridized carbons (Fsp3) is 0.0625. The quantitative estimate of drug-likeness (QED) is 0.660. The van der Waals surface area contributed by atoms with Gasteiger partial charge in [-0.2, -0.15) is 0 Å². The van der Waals surface area contributed by atoms with Crippen LogP contribution in [0.25, 0.3) is 16.9 Å². The Balaban J connectivity index is 2.26. The molecule has 1 aromatic heterocycles. The predicted octanol–water partition coefficient (Wildman–Crippen LogP) is 4.53. The van der Waals surface area contributed by atoms with Gasteiger partial charge < -0.3 is 0 Å². The van der Waals surface area contributed by atoms with Crippen LogP contribution in [0.2, 0.25) is 5.02 Å². The number of aromatic nitrogens is 1. The molecule has 0 fully saturated rings. The van der Waals surface area contributed by atoms with Crippen molar-refractivity contribution in [3.8, 4) is 16.9 Å². The molecule has 2 nitrogen and oxygen atoms in total. The van der Waals surface area contributed by atoms with Crippen molar-refractivity contribution < 1.29 is 4.39 Å². The predicted molar refractivity (Wildman–Crippen MR) is 85.5 cm³/mol. The summed E-state index contributed by atoms with van der Waals surface area (Å²) >= 11 is 7.44. The Morgan fingerprint density at radius 2 is 1.90 bits per heavy atom. The molecule has 1 heterocycles. The first-order valence-corrected chi connectivity index (χ1v) is 7.60. The van der Waals surface area contributed by atoms with Gasteiger partial charge in [0.1, 0.15) is 5.82 Å². The van der Waals surface area contributed by atoms with E-state index >= 15 is 0 Å². The van der Waals surface area contributed by atoms with E-state index in [4.69, 9.17) is 11.6 Å². The molecule has 0 N–H and O–H groups in total. The van der Waals surface area contributed by atoms with Gasteiger partial charge in [-0.25, -0.2) is 4.39 Å². The zero-order valence-corrected chi connectivity index (χ0v) is 12.8. The number of hydrogen-bond donors (Lipinski definition) is 0. The van der Waals surface area contributed by atoms with Crippen LogP contribution in [0.3, 0.4) is 0 Å². The average molecular weight is 319 g/mol. The van der Waals surface area contributed by atoms with Crippen molar-refractivity contribution in [1.29, 1.82) is 0 Å². The number of rotatable bonds is 2. The van der Waals surface area contributed by atoms with Crippen LogP contribution in [0.1, 0.15) is 0 Å². The van der Waals surface area contributed by atoms with Gasteiger partial charge in [-0.05, 0) is 23.8 Å². The van der Waals surface area contributed by atoms with E-state index in [1.807, 2.05) is 40.3 Å². The monoisotopic (exact) mass is 318 g/mol. The summed E-state index contributed by atoms with van der Waals surface area (Å²) in [5, 5.41) is 2.14. The number of benzene rings is 2. The summed E-state index contributed by atoms with van der Waals surface area (Å²) in [6, 6.07) is 14.7. The lowest BCUT2D eigenvalue weighted by Gasteiger charge is -2.10. The average Bonchev–Trinajstić information content (AvgIpc) is 2.95. The molecule has 3 rings (SSSR count). The second kappa shape index (κ2) is 5.84. The van der Waals surface area contributed by atoms with E-state index in [-0.39, 0.29) is 5.02 Å². The molecule has 2 aromatic carbocycles. The zero-order chi connectivity index (χ0) is 14.8. The van der Waals surface area contributed by atoms with Crippen molar-refractivity contribution >= 4 is 22.9 Å². The van der Waals surface area contributed by atoms with Crippen molar-refractivity contribution in [2.75, 3.05) is 7.05 Å². The first kappa shape index (κ1) is 14.0. The van der Waals surface area contributed by atoms with E-state index in [1.165, 1.54) is 17.4 Å². The lowest BCUT2D eigenvalue weighted by atomic mass is 10.1. The minimum atomic E-state index is -0.424. The Morgan fingerprint density at radius 1 is 1.14 bits per heavy atom. The molecule has 106 valence electrons. The van der Waals surface area contributed by atoms with Gasteiger partial charge in [0.15, 0.2) is 4.80 Å². The molecule has 0 saturated carbocycles. The van der Waals surface area contributed by atoms with E-state index in [0.29, 0.717) is 0 Å². The number of hydrogen-bond acceptors (Lipinski definition) is 2. The van der Waals surface area contributed by atoms with Crippen LogP contribution < -0.4 is 4.80 Å². The SMILES string of the molecule is CN=c1scc(-c2ccccc2)n1-c1ccc(F)c(Cl)c1. The molecular formula is C16H12ClFN2S. The van der Waals surface area contributed by atoms with Crippen LogP contribution in [0.5, 0.6) is 0 Å². The topological polar surface area (TPSA) is 17.3 Å². The summed E-state index contributed by atoms with van der Waals surface area (Å²) in [7, 11) is 1.74. The van der Waals surface area contributed by atoms with Crippen LogP contribution in [0.4, 0.5) is 4.39 Å². The molecule has 0 bridgehead atoms. The Kier molecular flexibility index (Phi) is 3.90. The van der Waals surface area contributed by atoms with Crippen molar-refractivity contribution in [1.82, 2.24) is 4.57 Å². The number of thiazole rings is 1. The smallest absolute Gasteiger partial charge is 0.189 e. The maximum atomic E-state index is 13.4. The zero-order valence-electron chi connectivity index (χ0n) is 11.3. The van der Waals surface area contributed by atoms with E-state index in [0.717, 1.165) is 21.7 Å². The summed E-state index contributed by atoms with van der Waals surface area (Å²) in [5.41, 5.74) is 2.87. The van der Waals surface area contributed by atoms with Gasteiger partial charge in [0.05, 0.1) is 16.4 Å². The molecule has 0 aliphatic carbocycles. The second-order valence-corrected chi connectivity index (χ2v) is 5.67. The van der Waals surface area contributed by atoms with E-state index in [9.17, 15) is 4.39 Å². The largest absolute Gasteiger partial charge is 0.285 e. The number of nitrogens with zero attached hydrogens (tertiary/aromatic N) is 2. The molecule has 0 atom stereocenters. The molecule has 0 saturated heterocycles. The van der Waals surface area contributed by atoms with Crippen LogP contribution in [-0.2, 0) is 0 Å². The minimum absolute atomic E-state index is 0.104. The highest BCUT2D eigenvalue weighted by Crippen LogP contribution is 2.25.